The molecule has 0 spiro atoms. The zero-order valence-electron chi connectivity index (χ0n) is 57.8. The van der Waals surface area contributed by atoms with Crippen molar-refractivity contribution in [2.75, 3.05) is 59.2 Å². The molecule has 3 aromatic carbocycles. The summed E-state index contributed by atoms with van der Waals surface area (Å²) in [6.07, 6.45) is 17.2. The summed E-state index contributed by atoms with van der Waals surface area (Å²) >= 11 is 0. The van der Waals surface area contributed by atoms with Gasteiger partial charge in [0.2, 0.25) is 29.5 Å². The molecule has 31 heteroatoms. The van der Waals surface area contributed by atoms with E-state index in [0.717, 1.165) is 75.6 Å². The van der Waals surface area contributed by atoms with Gasteiger partial charge in [0.1, 0.15) is 42.6 Å². The predicted octanol–water partition coefficient (Wildman–Crippen LogP) is 4.96. The number of piperazine rings is 2. The quantitative estimate of drug-likeness (QED) is 0.0229. The second-order valence-corrected chi connectivity index (χ2v) is 27.3. The first-order chi connectivity index (χ1) is 49.0. The summed E-state index contributed by atoms with van der Waals surface area (Å²) in [5.74, 6) is -2.15. The van der Waals surface area contributed by atoms with Crippen LogP contribution in [0.3, 0.4) is 0 Å². The number of halogens is 3. The van der Waals surface area contributed by atoms with E-state index in [1.807, 2.05) is 25.7 Å². The molecule has 1 unspecified atom stereocenters. The molecule has 6 aliphatic rings. The molecule has 7 amide bonds. The molecule has 3 aliphatic carbocycles. The van der Waals surface area contributed by atoms with Crippen LogP contribution in [-0.4, -0.2) is 177 Å². The number of carbonyl (C=O) groups excluding carboxylic acids is 7. The van der Waals surface area contributed by atoms with E-state index in [1.165, 1.54) is 46.1 Å². The van der Waals surface area contributed by atoms with Crippen molar-refractivity contribution < 1.29 is 81.0 Å². The highest BCUT2D eigenvalue weighted by Gasteiger charge is 2.36. The van der Waals surface area contributed by atoms with Crippen molar-refractivity contribution in [3.63, 3.8) is 0 Å². The van der Waals surface area contributed by atoms with Gasteiger partial charge in [0, 0.05) is 6.42 Å². The van der Waals surface area contributed by atoms with Gasteiger partial charge in [-0.05, 0) is 187 Å². The predicted molar refractivity (Wildman–Crippen MR) is 358 cm³/mol. The lowest BCUT2D eigenvalue weighted by Crippen LogP contribution is -2.53. The Hall–Kier alpha value is -9.04. The molecule has 3 aliphatic heterocycles. The van der Waals surface area contributed by atoms with Gasteiger partial charge in [0.25, 0.3) is 11.8 Å². The molecule has 3 aromatic heterocycles. The molecule has 4 atom stereocenters. The van der Waals surface area contributed by atoms with Crippen LogP contribution in [0.5, 0.6) is 17.2 Å². The zero-order chi connectivity index (χ0) is 72.6. The van der Waals surface area contributed by atoms with Crippen LogP contribution in [0, 0.1) is 35.2 Å². The van der Waals surface area contributed by atoms with Crippen molar-refractivity contribution >= 4 is 41.4 Å². The van der Waals surface area contributed by atoms with Gasteiger partial charge in [-0.15, -0.1) is 15.3 Å². The molecule has 0 bridgehead atoms. The van der Waals surface area contributed by atoms with Crippen LogP contribution < -0.4 is 30.2 Å². The second-order valence-electron chi connectivity index (χ2n) is 27.3. The molecular formula is C71H91F3N14O14. The number of imide groups is 3. The first-order valence-corrected chi connectivity index (χ1v) is 35.2. The smallest absolute Gasteiger partial charge is 0.255 e. The van der Waals surface area contributed by atoms with Gasteiger partial charge >= 0.3 is 0 Å². The molecule has 550 valence electrons. The van der Waals surface area contributed by atoms with Crippen molar-refractivity contribution in [3.8, 4) is 17.2 Å². The van der Waals surface area contributed by atoms with E-state index >= 15 is 0 Å². The van der Waals surface area contributed by atoms with E-state index in [9.17, 15) is 62.1 Å². The van der Waals surface area contributed by atoms with Crippen LogP contribution in [0.2, 0.25) is 0 Å². The van der Waals surface area contributed by atoms with Gasteiger partial charge in [-0.1, -0.05) is 54.6 Å². The molecule has 3 saturated heterocycles. The molecule has 12 rings (SSSR count). The minimum absolute atomic E-state index is 0.0470. The SMILES string of the molecule is CC[C@@](O)(Cn1nncc1CCC(=O)N1CC(=O)NC(=O)C1)c1ccc(F)c(OCC2CC2)c1.CC[C@@](O)(Cn1nncc1CCCCC1OCC(=O)NC1=O)c1ccc(F)c(OCC2CC2)c1.CC[C@@](O)(Cn1nncc1CCCCN1CC(=O)NC(=O)C1)c1ccc(F)c(OCC2CC2)c1. The number of ether oxygens (including phenoxy) is 4. The number of benzene rings is 3. The summed E-state index contributed by atoms with van der Waals surface area (Å²) in [7, 11) is 0. The van der Waals surface area contributed by atoms with E-state index in [2.05, 4.69) is 46.9 Å². The van der Waals surface area contributed by atoms with Crippen molar-refractivity contribution in [3.05, 3.63) is 124 Å². The fourth-order valence-corrected chi connectivity index (χ4v) is 12.0. The summed E-state index contributed by atoms with van der Waals surface area (Å²) in [5.41, 5.74) is 0.0993. The van der Waals surface area contributed by atoms with E-state index < -0.39 is 64.0 Å². The Morgan fingerprint density at radius 3 is 1.28 bits per heavy atom. The van der Waals surface area contributed by atoms with Crippen LogP contribution in [0.4, 0.5) is 13.2 Å². The Kier molecular flexibility index (Phi) is 25.8. The van der Waals surface area contributed by atoms with Crippen LogP contribution in [0.15, 0.2) is 73.2 Å². The Morgan fingerprint density at radius 2 is 0.902 bits per heavy atom. The number of nitrogens with one attached hydrogen (secondary N) is 3. The topological polar surface area (TPSA) is 352 Å². The highest BCUT2D eigenvalue weighted by molar-refractivity contribution is 6.02. The number of nitrogens with zero attached hydrogens (tertiary/aromatic N) is 11. The maximum atomic E-state index is 14.2. The maximum absolute atomic E-state index is 14.2. The van der Waals surface area contributed by atoms with Crippen LogP contribution in [0.25, 0.3) is 0 Å². The third-order valence-corrected chi connectivity index (χ3v) is 19.2. The Bertz CT molecular complexity index is 3880. The summed E-state index contributed by atoms with van der Waals surface area (Å²) in [6, 6.07) is 13.4. The van der Waals surface area contributed by atoms with Crippen molar-refractivity contribution in [2.45, 2.75) is 179 Å². The number of rotatable bonds is 34. The molecular weight excluding hydrogens is 1330 g/mol. The Labute approximate surface area is 588 Å². The summed E-state index contributed by atoms with van der Waals surface area (Å²) in [5, 5.41) is 65.3. The largest absolute Gasteiger partial charge is 0.490 e. The lowest BCUT2D eigenvalue weighted by Gasteiger charge is -2.28. The van der Waals surface area contributed by atoms with Gasteiger partial charge in [-0.3, -0.25) is 54.4 Å². The first-order valence-electron chi connectivity index (χ1n) is 35.2. The summed E-state index contributed by atoms with van der Waals surface area (Å²) < 4.78 is 69.8. The molecule has 6 heterocycles. The molecule has 102 heavy (non-hydrogen) atoms. The van der Waals surface area contributed by atoms with Gasteiger partial charge in [-0.25, -0.2) is 27.2 Å². The lowest BCUT2D eigenvalue weighted by molar-refractivity contribution is -0.150. The number of morpholine rings is 1. The molecule has 6 aromatic rings. The molecule has 3 saturated carbocycles. The lowest BCUT2D eigenvalue weighted by atomic mass is 9.90. The number of aliphatic hydroxyl groups is 3. The number of unbranched alkanes of at least 4 members (excludes halogenated alkanes) is 2. The van der Waals surface area contributed by atoms with Crippen LogP contribution in [0.1, 0.15) is 151 Å². The van der Waals surface area contributed by atoms with Gasteiger partial charge < -0.3 is 39.2 Å². The highest BCUT2D eigenvalue weighted by Crippen LogP contribution is 2.38. The molecule has 6 fully saturated rings. The van der Waals surface area contributed by atoms with Crippen LogP contribution >= 0.6 is 0 Å². The minimum Gasteiger partial charge on any atom is -0.490 e. The third-order valence-electron chi connectivity index (χ3n) is 19.2. The van der Waals surface area contributed by atoms with Crippen LogP contribution in [-0.2, 0) is 94.0 Å². The van der Waals surface area contributed by atoms with Crippen molar-refractivity contribution in [1.82, 2.24) is 70.7 Å². The fraction of sp³-hybridized carbons (Fsp3) is 0.563. The van der Waals surface area contributed by atoms with E-state index in [-0.39, 0.29) is 100 Å². The maximum Gasteiger partial charge on any atom is 0.255 e. The number of aromatic nitrogens is 9. The minimum atomic E-state index is -1.37. The van der Waals surface area contributed by atoms with Gasteiger partial charge in [-0.2, -0.15) is 0 Å². The van der Waals surface area contributed by atoms with E-state index in [4.69, 9.17) is 18.9 Å². The summed E-state index contributed by atoms with van der Waals surface area (Å²) in [6.45, 7) is 8.10. The zero-order valence-corrected chi connectivity index (χ0v) is 57.8. The monoisotopic (exact) mass is 1420 g/mol. The molecule has 28 nitrogen and oxygen atoms in total. The number of carbonyl (C=O) groups is 7. The Balaban J connectivity index is 0.000000165. The number of amides is 7. The standard InChI is InChI=1S/C24H32FN5O4.C24H31FN4O5.C23H28FN5O5/c1-2-24(33,18-8-9-20(25)21(11-18)34-15-17-6-7-17)16-30-19(12-26-28-30)5-3-4-10-29-13-22(31)27-23(32)14-29;1-2-24(32,17-9-10-19(25)21(11-17)33-13-16-7-8-16)15-29-18(12-26-28-29)5-3-4-6-20-23(31)27-22(30)14-34-20;1-2-23(33,16-5-7-18(24)19(9-16)34-13-15-3-4-15)14-29-17(10-25-27-29)6-8-22(32)28-11-20(30)26-21(31)12-28/h8-9,11-12,17,33H,2-7,10,13-16H2,1H3,(H,27,31,32);9-12,16,20,32H,2-8,13-15H2,1H3,(H,27,30,31);5,7,9-10,15,33H,2-4,6,8,11-14H2,1H3,(H,26,30,31)/t24-;20?,24-;23-/m111/s1. The Morgan fingerprint density at radius 1 is 0.520 bits per heavy atom. The van der Waals surface area contributed by atoms with Crippen molar-refractivity contribution in [1.29, 1.82) is 0 Å². The molecule has 0 radical (unpaired) electrons. The van der Waals surface area contributed by atoms with E-state index in [1.54, 1.807) is 46.0 Å². The normalized spacial score (nSPS) is 18.9. The number of aryl methyl sites for hydroxylation is 3. The fourth-order valence-electron chi connectivity index (χ4n) is 12.0. The average Bonchev–Trinajstić information content (AvgIpc) is 1.33. The highest BCUT2D eigenvalue weighted by atomic mass is 19.1. The average molecular weight is 1420 g/mol. The number of hydrogen-bond acceptors (Lipinski definition) is 21. The third kappa shape index (κ3) is 21.3. The first kappa shape index (κ1) is 75.6. The van der Waals surface area contributed by atoms with Crippen molar-refractivity contribution in [2.24, 2.45) is 17.8 Å². The second kappa shape index (κ2) is 34.8. The van der Waals surface area contributed by atoms with Gasteiger partial charge in [0.05, 0.1) is 88.2 Å². The summed E-state index contributed by atoms with van der Waals surface area (Å²) in [4.78, 5) is 84.5. The number of hydrogen-bond donors (Lipinski definition) is 6. The molecule has 6 N–H and O–H groups in total. The van der Waals surface area contributed by atoms with E-state index in [0.29, 0.717) is 105 Å². The van der Waals surface area contributed by atoms with Gasteiger partial charge in [0.15, 0.2) is 34.7 Å².